The molecule has 0 fully saturated rings. The third-order valence-corrected chi connectivity index (χ3v) is 1.65. The third-order valence-electron chi connectivity index (χ3n) is 1.31. The van der Waals surface area contributed by atoms with E-state index in [1.54, 1.807) is 0 Å². The molecule has 0 aliphatic rings. The third kappa shape index (κ3) is 2.39. The Labute approximate surface area is 72.8 Å². The highest BCUT2D eigenvalue weighted by Gasteiger charge is 1.96. The van der Waals surface area contributed by atoms with Crippen LogP contribution in [0.2, 0.25) is 0 Å². The molecular formula is C9H11OS. The van der Waals surface area contributed by atoms with Gasteiger partial charge in [0.05, 0.1) is 11.5 Å². The van der Waals surface area contributed by atoms with E-state index in [-0.39, 0.29) is 0 Å². The quantitative estimate of drug-likeness (QED) is 0.672. The molecule has 0 aliphatic carbocycles. The van der Waals surface area contributed by atoms with E-state index in [0.29, 0.717) is 0 Å². The molecule has 1 nitrogen and oxygen atoms in total. The molecule has 59 valence electrons. The van der Waals surface area contributed by atoms with Crippen molar-refractivity contribution in [1.29, 1.82) is 0 Å². The van der Waals surface area contributed by atoms with Crippen molar-refractivity contribution in [1.82, 2.24) is 0 Å². The minimum atomic E-state index is 0.744. The van der Waals surface area contributed by atoms with Crippen LogP contribution >= 0.6 is 12.6 Å². The lowest BCUT2D eigenvalue weighted by Crippen LogP contribution is -1.95. The Morgan fingerprint density at radius 1 is 1.36 bits per heavy atom. The fraction of sp³-hybridized carbons (Fsp3) is 0.333. The maximum absolute atomic E-state index is 5.38. The van der Waals surface area contributed by atoms with Gasteiger partial charge in [0.1, 0.15) is 5.75 Å². The van der Waals surface area contributed by atoms with Gasteiger partial charge in [0.2, 0.25) is 0 Å². The van der Waals surface area contributed by atoms with Crippen LogP contribution in [0.25, 0.3) is 0 Å². The standard InChI is InChI=1S/C9H11OS/c1-2-7-10-8-5-3-4-6-9(8)11/h3-6H,2,7H2,1H3. The highest BCUT2D eigenvalue weighted by Crippen LogP contribution is 2.20. The number of rotatable bonds is 3. The number of benzene rings is 1. The van der Waals surface area contributed by atoms with Crippen molar-refractivity contribution in [2.75, 3.05) is 6.61 Å². The topological polar surface area (TPSA) is 9.23 Å². The maximum atomic E-state index is 5.38. The Hall–Kier alpha value is -0.760. The zero-order valence-corrected chi connectivity index (χ0v) is 7.36. The van der Waals surface area contributed by atoms with Gasteiger partial charge in [-0.05, 0) is 18.6 Å². The highest BCUT2D eigenvalue weighted by molar-refractivity contribution is 7.80. The van der Waals surface area contributed by atoms with Gasteiger partial charge in [0, 0.05) is 0 Å². The SMILES string of the molecule is CCCOc1ccccc1[S]. The predicted molar refractivity (Wildman–Crippen MR) is 48.1 cm³/mol. The summed E-state index contributed by atoms with van der Waals surface area (Å²) >= 11 is 5.04. The van der Waals surface area contributed by atoms with Gasteiger partial charge in [0.15, 0.2) is 0 Å². The molecule has 1 radical (unpaired) electrons. The molecule has 1 rings (SSSR count). The Kier molecular flexibility index (Phi) is 3.17. The molecule has 0 atom stereocenters. The van der Waals surface area contributed by atoms with E-state index in [1.807, 2.05) is 24.3 Å². The minimum Gasteiger partial charge on any atom is -0.492 e. The number of para-hydroxylation sites is 1. The molecule has 1 aromatic rings. The Morgan fingerprint density at radius 3 is 2.73 bits per heavy atom. The zero-order chi connectivity index (χ0) is 8.10. The van der Waals surface area contributed by atoms with Crippen LogP contribution in [0.15, 0.2) is 29.2 Å². The molecule has 11 heavy (non-hydrogen) atoms. The number of hydrogen-bond acceptors (Lipinski definition) is 1. The fourth-order valence-corrected chi connectivity index (χ4v) is 0.987. The summed E-state index contributed by atoms with van der Waals surface area (Å²) in [5.41, 5.74) is 0. The second-order valence-electron chi connectivity index (χ2n) is 2.30. The van der Waals surface area contributed by atoms with Gasteiger partial charge in [-0.15, -0.1) is 0 Å². The van der Waals surface area contributed by atoms with Gasteiger partial charge >= 0.3 is 0 Å². The molecule has 1 aromatic carbocycles. The van der Waals surface area contributed by atoms with Crippen LogP contribution in [-0.4, -0.2) is 6.61 Å². The summed E-state index contributed by atoms with van der Waals surface area (Å²) in [5.74, 6) is 0.823. The molecule has 0 bridgehead atoms. The Morgan fingerprint density at radius 2 is 2.09 bits per heavy atom. The smallest absolute Gasteiger partial charge is 0.137 e. The van der Waals surface area contributed by atoms with Crippen LogP contribution < -0.4 is 4.74 Å². The fourth-order valence-electron chi connectivity index (χ4n) is 0.781. The van der Waals surface area contributed by atoms with Crippen molar-refractivity contribution in [3.05, 3.63) is 24.3 Å². The van der Waals surface area contributed by atoms with E-state index in [9.17, 15) is 0 Å². The van der Waals surface area contributed by atoms with Crippen LogP contribution in [0.4, 0.5) is 0 Å². The zero-order valence-electron chi connectivity index (χ0n) is 6.54. The van der Waals surface area contributed by atoms with Crippen molar-refractivity contribution in [3.63, 3.8) is 0 Å². The second-order valence-corrected chi connectivity index (χ2v) is 2.74. The Balaban J connectivity index is 2.62. The first-order valence-electron chi connectivity index (χ1n) is 3.73. The molecule has 0 saturated carbocycles. The summed E-state index contributed by atoms with van der Waals surface area (Å²) in [5, 5.41) is 0. The van der Waals surface area contributed by atoms with E-state index in [4.69, 9.17) is 17.4 Å². The first kappa shape index (κ1) is 8.34. The van der Waals surface area contributed by atoms with Crippen LogP contribution in [0.1, 0.15) is 13.3 Å². The molecular weight excluding hydrogens is 156 g/mol. The monoisotopic (exact) mass is 167 g/mol. The maximum Gasteiger partial charge on any atom is 0.137 e. The van der Waals surface area contributed by atoms with Crippen LogP contribution in [-0.2, 0) is 0 Å². The summed E-state index contributed by atoms with van der Waals surface area (Å²) < 4.78 is 5.38. The molecule has 0 saturated heterocycles. The molecule has 0 aromatic heterocycles. The predicted octanol–water partition coefficient (Wildman–Crippen LogP) is 3.03. The normalized spacial score (nSPS) is 9.55. The molecule has 0 amide bonds. The summed E-state index contributed by atoms with van der Waals surface area (Å²) in [6, 6.07) is 7.63. The molecule has 2 heteroatoms. The molecule has 0 N–H and O–H groups in total. The van der Waals surface area contributed by atoms with Crippen molar-refractivity contribution in [2.24, 2.45) is 0 Å². The van der Waals surface area contributed by atoms with E-state index in [0.717, 1.165) is 23.7 Å². The summed E-state index contributed by atoms with van der Waals surface area (Å²) in [7, 11) is 0. The van der Waals surface area contributed by atoms with Gasteiger partial charge in [-0.3, -0.25) is 0 Å². The largest absolute Gasteiger partial charge is 0.492 e. The summed E-state index contributed by atoms with van der Waals surface area (Å²) in [4.78, 5) is 0.793. The second kappa shape index (κ2) is 4.19. The molecule has 0 aliphatic heterocycles. The van der Waals surface area contributed by atoms with Crippen molar-refractivity contribution in [3.8, 4) is 5.75 Å². The highest BCUT2D eigenvalue weighted by atomic mass is 32.1. The average Bonchev–Trinajstić information content (AvgIpc) is 2.03. The van der Waals surface area contributed by atoms with Gasteiger partial charge in [-0.25, -0.2) is 0 Å². The van der Waals surface area contributed by atoms with E-state index < -0.39 is 0 Å². The lowest BCUT2D eigenvalue weighted by Gasteiger charge is -2.04. The number of ether oxygens (including phenoxy) is 1. The van der Waals surface area contributed by atoms with Gasteiger partial charge in [-0.2, -0.15) is 0 Å². The van der Waals surface area contributed by atoms with Crippen LogP contribution in [0.5, 0.6) is 5.75 Å². The van der Waals surface area contributed by atoms with E-state index in [2.05, 4.69) is 6.92 Å². The van der Waals surface area contributed by atoms with Crippen molar-refractivity contribution >= 4 is 12.6 Å². The minimum absolute atomic E-state index is 0.744. The lowest BCUT2D eigenvalue weighted by atomic mass is 10.3. The van der Waals surface area contributed by atoms with E-state index in [1.165, 1.54) is 0 Å². The van der Waals surface area contributed by atoms with Crippen molar-refractivity contribution in [2.45, 2.75) is 18.2 Å². The molecule has 0 unspecified atom stereocenters. The lowest BCUT2D eigenvalue weighted by molar-refractivity contribution is 0.310. The van der Waals surface area contributed by atoms with Crippen molar-refractivity contribution < 1.29 is 4.74 Å². The average molecular weight is 167 g/mol. The van der Waals surface area contributed by atoms with E-state index >= 15 is 0 Å². The Bertz CT molecular complexity index is 223. The molecule has 0 spiro atoms. The molecule has 0 heterocycles. The van der Waals surface area contributed by atoms with Crippen LogP contribution in [0.3, 0.4) is 0 Å². The first-order chi connectivity index (χ1) is 5.34. The van der Waals surface area contributed by atoms with Crippen LogP contribution in [0, 0.1) is 0 Å². The first-order valence-corrected chi connectivity index (χ1v) is 4.14. The summed E-state index contributed by atoms with van der Waals surface area (Å²) in [6.45, 7) is 2.82. The van der Waals surface area contributed by atoms with Gasteiger partial charge in [-0.1, -0.05) is 31.7 Å². The number of hydrogen-bond donors (Lipinski definition) is 0. The summed E-state index contributed by atoms with van der Waals surface area (Å²) in [6.07, 6.45) is 1.02. The van der Waals surface area contributed by atoms with Gasteiger partial charge < -0.3 is 4.74 Å². The van der Waals surface area contributed by atoms with Gasteiger partial charge in [0.25, 0.3) is 0 Å².